The minimum Gasteiger partial charge on any atom is -0.329 e. The first kappa shape index (κ1) is 11.7. The van der Waals surface area contributed by atoms with Crippen molar-refractivity contribution in [1.82, 2.24) is 9.80 Å². The molecular weight excluding hydrogens is 195 g/mol. The smallest absolute Gasteiger partial charge is 0.329 e. The summed E-state index contributed by atoms with van der Waals surface area (Å²) in [5.74, 6) is 0. The van der Waals surface area contributed by atoms with E-state index in [1.54, 1.807) is 0 Å². The van der Waals surface area contributed by atoms with E-state index in [9.17, 15) is 13.2 Å². The van der Waals surface area contributed by atoms with Gasteiger partial charge in [0.1, 0.15) is 6.04 Å². The molecule has 1 saturated heterocycles. The summed E-state index contributed by atoms with van der Waals surface area (Å²) in [7, 11) is 1.91. The lowest BCUT2D eigenvalue weighted by molar-refractivity contribution is -0.184. The molecule has 0 aliphatic carbocycles. The lowest BCUT2D eigenvalue weighted by Crippen LogP contribution is -2.56. The Morgan fingerprint density at radius 3 is 2.07 bits per heavy atom. The van der Waals surface area contributed by atoms with Gasteiger partial charge in [-0.05, 0) is 7.05 Å². The molecule has 0 aromatic heterocycles. The molecule has 0 saturated carbocycles. The average molecular weight is 211 g/mol. The standard InChI is InChI=1S/C8H16F3N3/c1-13-2-4-14(5-3-13)7(6-12)8(9,10)11/h7H,2-6,12H2,1H3. The SMILES string of the molecule is CN1CCN(C(CN)C(F)(F)F)CC1. The second kappa shape index (κ2) is 4.46. The summed E-state index contributed by atoms with van der Waals surface area (Å²) in [5.41, 5.74) is 5.15. The Kier molecular flexibility index (Phi) is 3.74. The Bertz CT molecular complexity index is 175. The van der Waals surface area contributed by atoms with Gasteiger partial charge < -0.3 is 10.6 Å². The van der Waals surface area contributed by atoms with E-state index in [1.165, 1.54) is 4.90 Å². The molecule has 0 amide bonds. The maximum Gasteiger partial charge on any atom is 0.405 e. The minimum absolute atomic E-state index is 0.354. The fourth-order valence-corrected chi connectivity index (χ4v) is 1.62. The van der Waals surface area contributed by atoms with E-state index in [1.807, 2.05) is 11.9 Å². The van der Waals surface area contributed by atoms with E-state index < -0.39 is 12.2 Å². The first-order valence-electron chi connectivity index (χ1n) is 4.64. The van der Waals surface area contributed by atoms with Crippen molar-refractivity contribution in [2.45, 2.75) is 12.2 Å². The summed E-state index contributed by atoms with van der Waals surface area (Å²) in [6.07, 6.45) is -4.20. The van der Waals surface area contributed by atoms with Crippen molar-refractivity contribution in [3.05, 3.63) is 0 Å². The van der Waals surface area contributed by atoms with Crippen LogP contribution in [0.5, 0.6) is 0 Å². The maximum atomic E-state index is 12.5. The van der Waals surface area contributed by atoms with Gasteiger partial charge in [-0.3, -0.25) is 4.90 Å². The first-order chi connectivity index (χ1) is 6.45. The number of nitrogens with two attached hydrogens (primary N) is 1. The summed E-state index contributed by atoms with van der Waals surface area (Å²) in [6, 6.07) is -1.48. The van der Waals surface area contributed by atoms with Gasteiger partial charge in [0.05, 0.1) is 0 Å². The second-order valence-electron chi connectivity index (χ2n) is 3.63. The van der Waals surface area contributed by atoms with Crippen molar-refractivity contribution < 1.29 is 13.2 Å². The Balaban J connectivity index is 2.54. The molecule has 6 heteroatoms. The first-order valence-corrected chi connectivity index (χ1v) is 4.64. The van der Waals surface area contributed by atoms with Gasteiger partial charge >= 0.3 is 6.18 Å². The predicted octanol–water partition coefficient (Wildman–Crippen LogP) is 0.123. The molecule has 3 nitrogen and oxygen atoms in total. The molecule has 1 aliphatic heterocycles. The highest BCUT2D eigenvalue weighted by molar-refractivity contribution is 4.83. The van der Waals surface area contributed by atoms with Crippen LogP contribution in [0.3, 0.4) is 0 Å². The van der Waals surface area contributed by atoms with Gasteiger partial charge in [0, 0.05) is 32.7 Å². The lowest BCUT2D eigenvalue weighted by atomic mass is 10.2. The van der Waals surface area contributed by atoms with Crippen LogP contribution >= 0.6 is 0 Å². The molecule has 1 heterocycles. The van der Waals surface area contributed by atoms with E-state index in [0.717, 1.165) is 0 Å². The molecule has 0 spiro atoms. The Morgan fingerprint density at radius 1 is 1.21 bits per heavy atom. The van der Waals surface area contributed by atoms with Crippen LogP contribution in [0.25, 0.3) is 0 Å². The number of hydrogen-bond donors (Lipinski definition) is 1. The van der Waals surface area contributed by atoms with E-state index in [-0.39, 0.29) is 6.54 Å². The number of piperazine rings is 1. The molecule has 1 fully saturated rings. The summed E-state index contributed by atoms with van der Waals surface area (Å²) in [4.78, 5) is 3.43. The summed E-state index contributed by atoms with van der Waals surface area (Å²) >= 11 is 0. The van der Waals surface area contributed by atoms with Crippen molar-refractivity contribution in [2.24, 2.45) is 5.73 Å². The highest BCUT2D eigenvalue weighted by Gasteiger charge is 2.42. The molecule has 14 heavy (non-hydrogen) atoms. The Morgan fingerprint density at radius 2 is 1.71 bits per heavy atom. The quantitative estimate of drug-likeness (QED) is 0.704. The van der Waals surface area contributed by atoms with Crippen LogP contribution in [0.1, 0.15) is 0 Å². The third-order valence-corrected chi connectivity index (χ3v) is 2.58. The molecule has 0 radical (unpaired) electrons. The van der Waals surface area contributed by atoms with Crippen molar-refractivity contribution in [3.8, 4) is 0 Å². The molecule has 1 atom stereocenters. The molecule has 0 bridgehead atoms. The predicted molar refractivity (Wildman–Crippen MR) is 48.0 cm³/mol. The highest BCUT2D eigenvalue weighted by atomic mass is 19.4. The lowest BCUT2D eigenvalue weighted by Gasteiger charge is -2.38. The van der Waals surface area contributed by atoms with E-state index >= 15 is 0 Å². The molecule has 1 unspecified atom stereocenters. The van der Waals surface area contributed by atoms with Crippen LogP contribution in [0.2, 0.25) is 0 Å². The van der Waals surface area contributed by atoms with Crippen LogP contribution in [-0.2, 0) is 0 Å². The van der Waals surface area contributed by atoms with E-state index in [4.69, 9.17) is 5.73 Å². The number of hydrogen-bond acceptors (Lipinski definition) is 3. The van der Waals surface area contributed by atoms with Gasteiger partial charge in [0.25, 0.3) is 0 Å². The van der Waals surface area contributed by atoms with Crippen molar-refractivity contribution >= 4 is 0 Å². The van der Waals surface area contributed by atoms with Gasteiger partial charge in [0.2, 0.25) is 0 Å². The molecule has 2 N–H and O–H groups in total. The normalized spacial score (nSPS) is 23.8. The highest BCUT2D eigenvalue weighted by Crippen LogP contribution is 2.24. The zero-order valence-corrected chi connectivity index (χ0v) is 8.22. The third-order valence-electron chi connectivity index (χ3n) is 2.58. The topological polar surface area (TPSA) is 32.5 Å². The molecule has 0 aromatic carbocycles. The number of likely N-dealkylation sites (N-methyl/N-ethyl adjacent to an activating group) is 1. The largest absolute Gasteiger partial charge is 0.405 e. The van der Waals surface area contributed by atoms with Gasteiger partial charge in [-0.15, -0.1) is 0 Å². The van der Waals surface area contributed by atoms with E-state index in [0.29, 0.717) is 26.2 Å². The van der Waals surface area contributed by atoms with E-state index in [2.05, 4.69) is 0 Å². The average Bonchev–Trinajstić information content (AvgIpc) is 2.07. The zero-order chi connectivity index (χ0) is 10.8. The second-order valence-corrected chi connectivity index (χ2v) is 3.63. The van der Waals surface area contributed by atoms with Gasteiger partial charge in [0.15, 0.2) is 0 Å². The van der Waals surface area contributed by atoms with Gasteiger partial charge in [-0.25, -0.2) is 0 Å². The van der Waals surface area contributed by atoms with Crippen LogP contribution in [0, 0.1) is 0 Å². The van der Waals surface area contributed by atoms with Gasteiger partial charge in [-0.2, -0.15) is 13.2 Å². The summed E-state index contributed by atoms with van der Waals surface area (Å²) in [5, 5.41) is 0. The maximum absolute atomic E-state index is 12.5. The molecule has 84 valence electrons. The third kappa shape index (κ3) is 2.83. The number of rotatable bonds is 2. The van der Waals surface area contributed by atoms with Crippen LogP contribution in [-0.4, -0.2) is 61.8 Å². The number of alkyl halides is 3. The van der Waals surface area contributed by atoms with Crippen LogP contribution in [0.4, 0.5) is 13.2 Å². The van der Waals surface area contributed by atoms with Crippen LogP contribution in [0.15, 0.2) is 0 Å². The molecule has 1 aliphatic rings. The minimum atomic E-state index is -4.20. The molecular formula is C8H16F3N3. The summed E-state index contributed by atoms with van der Waals surface area (Å²) < 4.78 is 37.4. The van der Waals surface area contributed by atoms with Crippen LogP contribution < -0.4 is 5.73 Å². The fraction of sp³-hybridized carbons (Fsp3) is 1.00. The van der Waals surface area contributed by atoms with Crippen molar-refractivity contribution in [3.63, 3.8) is 0 Å². The number of nitrogens with zero attached hydrogens (tertiary/aromatic N) is 2. The molecule has 0 aromatic rings. The monoisotopic (exact) mass is 211 g/mol. The molecule has 1 rings (SSSR count). The van der Waals surface area contributed by atoms with Gasteiger partial charge in [-0.1, -0.05) is 0 Å². The fourth-order valence-electron chi connectivity index (χ4n) is 1.62. The Hall–Kier alpha value is -0.330. The zero-order valence-electron chi connectivity index (χ0n) is 8.22. The summed E-state index contributed by atoms with van der Waals surface area (Å²) in [6.45, 7) is 1.88. The van der Waals surface area contributed by atoms with Crippen molar-refractivity contribution in [2.75, 3.05) is 39.8 Å². The van der Waals surface area contributed by atoms with Crippen molar-refractivity contribution in [1.29, 1.82) is 0 Å². The Labute approximate surface area is 81.6 Å². The number of halogens is 3.